The molecule has 0 amide bonds. The number of rotatable bonds is 3. The highest BCUT2D eigenvalue weighted by molar-refractivity contribution is 7.91. The molecular weight excluding hydrogens is 294 g/mol. The number of nitriles is 1. The summed E-state index contributed by atoms with van der Waals surface area (Å²) in [5.74, 6) is 0.966. The van der Waals surface area contributed by atoms with E-state index in [0.717, 1.165) is 23.4 Å². The molecule has 0 radical (unpaired) electrons. The van der Waals surface area contributed by atoms with Gasteiger partial charge >= 0.3 is 0 Å². The molecule has 0 bridgehead atoms. The standard InChI is InChI=1S/C13H17N3O2S2/c14-7-10-12(15)11(8-1-2-8)13(19-10)16-9-3-5-20(17,18)6-4-9/h8-9,16H,1-6,15H2. The van der Waals surface area contributed by atoms with E-state index in [2.05, 4.69) is 11.4 Å². The first kappa shape index (κ1) is 13.7. The van der Waals surface area contributed by atoms with Crippen LogP contribution in [0.25, 0.3) is 0 Å². The fourth-order valence-electron chi connectivity index (χ4n) is 2.64. The predicted molar refractivity (Wildman–Crippen MR) is 80.7 cm³/mol. The van der Waals surface area contributed by atoms with Gasteiger partial charge in [0, 0.05) is 11.6 Å². The molecule has 2 fully saturated rings. The topological polar surface area (TPSA) is 96.0 Å². The molecule has 2 aliphatic rings. The molecule has 1 aromatic heterocycles. The van der Waals surface area contributed by atoms with Gasteiger partial charge in [-0.2, -0.15) is 5.26 Å². The van der Waals surface area contributed by atoms with E-state index in [1.165, 1.54) is 11.3 Å². The van der Waals surface area contributed by atoms with Gasteiger partial charge in [0.05, 0.1) is 22.2 Å². The number of nitrogen functional groups attached to an aromatic ring is 1. The molecule has 0 unspecified atom stereocenters. The van der Waals surface area contributed by atoms with Crippen LogP contribution in [0.3, 0.4) is 0 Å². The second-order valence-electron chi connectivity index (χ2n) is 5.54. The van der Waals surface area contributed by atoms with Crippen molar-refractivity contribution in [3.05, 3.63) is 10.4 Å². The Morgan fingerprint density at radius 3 is 2.45 bits per heavy atom. The third-order valence-electron chi connectivity index (χ3n) is 3.96. The van der Waals surface area contributed by atoms with E-state index in [1.807, 2.05) is 0 Å². The van der Waals surface area contributed by atoms with Crippen LogP contribution in [0.4, 0.5) is 10.7 Å². The first-order valence-electron chi connectivity index (χ1n) is 6.79. The van der Waals surface area contributed by atoms with E-state index >= 15 is 0 Å². The molecule has 1 saturated heterocycles. The number of thiophene rings is 1. The number of nitrogens with two attached hydrogens (primary N) is 1. The SMILES string of the molecule is N#Cc1sc(NC2CCS(=O)(=O)CC2)c(C2CC2)c1N. The van der Waals surface area contributed by atoms with Gasteiger partial charge in [-0.15, -0.1) is 11.3 Å². The van der Waals surface area contributed by atoms with E-state index in [0.29, 0.717) is 29.3 Å². The van der Waals surface area contributed by atoms with Crippen LogP contribution in [0, 0.1) is 11.3 Å². The Balaban J connectivity index is 1.79. The zero-order valence-corrected chi connectivity index (χ0v) is 12.7. The summed E-state index contributed by atoms with van der Waals surface area (Å²) < 4.78 is 22.9. The van der Waals surface area contributed by atoms with Crippen molar-refractivity contribution in [2.75, 3.05) is 22.6 Å². The van der Waals surface area contributed by atoms with E-state index in [4.69, 9.17) is 11.0 Å². The highest BCUT2D eigenvalue weighted by Crippen LogP contribution is 2.50. The summed E-state index contributed by atoms with van der Waals surface area (Å²) in [7, 11) is -2.84. The molecule has 2 heterocycles. The first-order chi connectivity index (χ1) is 9.50. The predicted octanol–water partition coefficient (Wildman–Crippen LogP) is 2.07. The van der Waals surface area contributed by atoms with E-state index in [9.17, 15) is 8.42 Å². The zero-order valence-electron chi connectivity index (χ0n) is 11.1. The van der Waals surface area contributed by atoms with Gasteiger partial charge in [0.1, 0.15) is 20.8 Å². The maximum atomic E-state index is 11.5. The van der Waals surface area contributed by atoms with Gasteiger partial charge in [0.2, 0.25) is 0 Å². The molecule has 3 N–H and O–H groups in total. The Morgan fingerprint density at radius 2 is 1.90 bits per heavy atom. The largest absolute Gasteiger partial charge is 0.397 e. The Bertz CT molecular complexity index is 655. The van der Waals surface area contributed by atoms with Crippen molar-refractivity contribution in [1.29, 1.82) is 5.26 Å². The van der Waals surface area contributed by atoms with Crippen LogP contribution in [0.1, 0.15) is 42.0 Å². The third-order valence-corrected chi connectivity index (χ3v) is 6.73. The van der Waals surface area contributed by atoms with E-state index in [1.54, 1.807) is 0 Å². The molecule has 108 valence electrons. The molecule has 1 aromatic rings. The van der Waals surface area contributed by atoms with Gasteiger partial charge in [0.25, 0.3) is 0 Å². The van der Waals surface area contributed by atoms with Crippen molar-refractivity contribution in [1.82, 2.24) is 0 Å². The second-order valence-corrected chi connectivity index (χ2v) is 8.87. The summed E-state index contributed by atoms with van der Waals surface area (Å²) in [5, 5.41) is 13.5. The van der Waals surface area contributed by atoms with Crippen LogP contribution in [-0.4, -0.2) is 26.0 Å². The van der Waals surface area contributed by atoms with Crippen LogP contribution < -0.4 is 11.1 Å². The minimum atomic E-state index is -2.84. The molecule has 1 aliphatic carbocycles. The summed E-state index contributed by atoms with van der Waals surface area (Å²) in [6.07, 6.45) is 3.51. The number of hydrogen-bond acceptors (Lipinski definition) is 6. The van der Waals surface area contributed by atoms with Gasteiger partial charge in [-0.1, -0.05) is 0 Å². The van der Waals surface area contributed by atoms with Gasteiger partial charge in [-0.3, -0.25) is 0 Å². The monoisotopic (exact) mass is 311 g/mol. The fraction of sp³-hybridized carbons (Fsp3) is 0.615. The summed E-state index contributed by atoms with van der Waals surface area (Å²) in [6, 6.07) is 2.31. The zero-order chi connectivity index (χ0) is 14.3. The molecule has 0 aromatic carbocycles. The van der Waals surface area contributed by atoms with Crippen molar-refractivity contribution in [2.24, 2.45) is 0 Å². The molecule has 0 spiro atoms. The summed E-state index contributed by atoms with van der Waals surface area (Å²) in [5.41, 5.74) is 7.76. The van der Waals surface area contributed by atoms with Crippen LogP contribution in [0.5, 0.6) is 0 Å². The number of nitrogens with one attached hydrogen (secondary N) is 1. The van der Waals surface area contributed by atoms with E-state index < -0.39 is 9.84 Å². The lowest BCUT2D eigenvalue weighted by Gasteiger charge is -2.24. The van der Waals surface area contributed by atoms with Crippen molar-refractivity contribution in [3.8, 4) is 6.07 Å². The van der Waals surface area contributed by atoms with Gasteiger partial charge < -0.3 is 11.1 Å². The van der Waals surface area contributed by atoms with Crippen LogP contribution in [0.2, 0.25) is 0 Å². The summed E-state index contributed by atoms with van der Waals surface area (Å²) in [4.78, 5) is 0.567. The minimum absolute atomic E-state index is 0.167. The van der Waals surface area contributed by atoms with E-state index in [-0.39, 0.29) is 17.5 Å². The van der Waals surface area contributed by atoms with Crippen molar-refractivity contribution in [3.63, 3.8) is 0 Å². The number of anilines is 2. The fourth-order valence-corrected chi connectivity index (χ4v) is 5.22. The Labute approximate surface area is 122 Å². The smallest absolute Gasteiger partial charge is 0.150 e. The highest BCUT2D eigenvalue weighted by atomic mass is 32.2. The van der Waals surface area contributed by atoms with Crippen LogP contribution in [-0.2, 0) is 9.84 Å². The highest BCUT2D eigenvalue weighted by Gasteiger charge is 2.33. The third kappa shape index (κ3) is 2.63. The normalized spacial score (nSPS) is 22.4. The second kappa shape index (κ2) is 4.93. The van der Waals surface area contributed by atoms with Crippen LogP contribution >= 0.6 is 11.3 Å². The number of hydrogen-bond donors (Lipinski definition) is 2. The van der Waals surface area contributed by atoms with Gasteiger partial charge in [-0.25, -0.2) is 8.42 Å². The quantitative estimate of drug-likeness (QED) is 0.891. The minimum Gasteiger partial charge on any atom is -0.397 e. The average Bonchev–Trinajstić information content (AvgIpc) is 3.18. The molecule has 20 heavy (non-hydrogen) atoms. The maximum Gasteiger partial charge on any atom is 0.150 e. The lowest BCUT2D eigenvalue weighted by molar-refractivity contribution is 0.560. The average molecular weight is 311 g/mol. The lowest BCUT2D eigenvalue weighted by atomic mass is 10.1. The molecule has 3 rings (SSSR count). The molecular formula is C13H17N3O2S2. The molecule has 1 saturated carbocycles. The van der Waals surface area contributed by atoms with Gasteiger partial charge in [0.15, 0.2) is 0 Å². The van der Waals surface area contributed by atoms with Crippen LogP contribution in [0.15, 0.2) is 0 Å². The maximum absolute atomic E-state index is 11.5. The summed E-state index contributed by atoms with van der Waals surface area (Å²) >= 11 is 1.40. The van der Waals surface area contributed by atoms with Crippen molar-refractivity contribution >= 4 is 31.9 Å². The molecule has 1 aliphatic heterocycles. The number of nitrogens with zero attached hydrogens (tertiary/aromatic N) is 1. The first-order valence-corrected chi connectivity index (χ1v) is 9.43. The lowest BCUT2D eigenvalue weighted by Crippen LogP contribution is -2.32. The summed E-state index contributed by atoms with van der Waals surface area (Å²) in [6.45, 7) is 0. The van der Waals surface area contributed by atoms with Crippen molar-refractivity contribution < 1.29 is 8.42 Å². The molecule has 0 atom stereocenters. The van der Waals surface area contributed by atoms with Gasteiger partial charge in [-0.05, 0) is 31.6 Å². The Hall–Kier alpha value is -1.26. The Kier molecular flexibility index (Phi) is 3.38. The molecule has 5 nitrogen and oxygen atoms in total. The number of sulfone groups is 1. The van der Waals surface area contributed by atoms with Crippen molar-refractivity contribution in [2.45, 2.75) is 37.6 Å². The Morgan fingerprint density at radius 1 is 1.25 bits per heavy atom. The molecule has 7 heteroatoms.